The molecule has 1 aliphatic heterocycles. The van der Waals surface area contributed by atoms with Gasteiger partial charge in [0.15, 0.2) is 0 Å². The Balaban J connectivity index is 1.41. The van der Waals surface area contributed by atoms with Crippen LogP contribution in [0.5, 0.6) is 5.75 Å². The molecular weight excluding hydrogens is 328 g/mol. The van der Waals surface area contributed by atoms with Gasteiger partial charge in [-0.25, -0.2) is 5.43 Å². The minimum Gasteiger partial charge on any atom is -0.497 e. The van der Waals surface area contributed by atoms with Crippen molar-refractivity contribution < 1.29 is 9.53 Å². The number of ether oxygens (including phenoxy) is 1. The molecule has 6 heteroatoms. The van der Waals surface area contributed by atoms with Gasteiger partial charge in [-0.05, 0) is 61.7 Å². The number of methoxy groups -OCH3 is 1. The number of aromatic nitrogens is 1. The van der Waals surface area contributed by atoms with Gasteiger partial charge in [0, 0.05) is 19.0 Å². The zero-order valence-electron chi connectivity index (χ0n) is 15.0. The maximum absolute atomic E-state index is 11.9. The smallest absolute Gasteiger partial charge is 0.289 e. The van der Waals surface area contributed by atoms with E-state index in [1.807, 2.05) is 18.3 Å². The Hall–Kier alpha value is -2.73. The maximum Gasteiger partial charge on any atom is 0.289 e. The summed E-state index contributed by atoms with van der Waals surface area (Å²) in [5, 5.41) is 4.10. The Bertz CT molecular complexity index is 723. The molecule has 0 aliphatic carbocycles. The average Bonchev–Trinajstić information content (AvgIpc) is 2.70. The number of benzene rings is 1. The van der Waals surface area contributed by atoms with Crippen LogP contribution in [0.3, 0.4) is 0 Å². The van der Waals surface area contributed by atoms with Crippen molar-refractivity contribution in [2.75, 3.05) is 20.2 Å². The summed E-state index contributed by atoms with van der Waals surface area (Å²) in [7, 11) is 1.68. The van der Waals surface area contributed by atoms with E-state index in [2.05, 4.69) is 32.5 Å². The van der Waals surface area contributed by atoms with E-state index in [0.717, 1.165) is 38.2 Å². The Morgan fingerprint density at radius 1 is 1.27 bits per heavy atom. The van der Waals surface area contributed by atoms with E-state index < -0.39 is 0 Å². The molecular formula is C20H24N4O2. The number of piperidine rings is 1. The molecule has 1 amide bonds. The SMILES string of the molecule is COc1ccc(CN2CCC(/C=N/NC(=O)c3ccccn3)CC2)cc1. The number of amides is 1. The second-order valence-corrected chi connectivity index (χ2v) is 6.40. The molecule has 2 heterocycles. The van der Waals surface area contributed by atoms with Gasteiger partial charge >= 0.3 is 0 Å². The lowest BCUT2D eigenvalue weighted by Crippen LogP contribution is -2.34. The zero-order chi connectivity index (χ0) is 18.2. The lowest BCUT2D eigenvalue weighted by molar-refractivity contribution is 0.0949. The predicted octanol–water partition coefficient (Wildman–Crippen LogP) is 2.72. The summed E-state index contributed by atoms with van der Waals surface area (Å²) in [6.45, 7) is 3.00. The van der Waals surface area contributed by atoms with E-state index in [1.54, 1.807) is 31.5 Å². The van der Waals surface area contributed by atoms with Gasteiger partial charge in [-0.1, -0.05) is 18.2 Å². The standard InChI is InChI=1S/C20H24N4O2/c1-26-18-7-5-17(6-8-18)15-24-12-9-16(10-13-24)14-22-23-20(25)19-4-2-3-11-21-19/h2-8,11,14,16H,9-10,12-13,15H2,1H3,(H,23,25)/b22-14+. The minimum atomic E-state index is -0.279. The molecule has 136 valence electrons. The van der Waals surface area contributed by atoms with Gasteiger partial charge in [-0.3, -0.25) is 14.7 Å². The van der Waals surface area contributed by atoms with Crippen LogP contribution in [0.1, 0.15) is 28.9 Å². The molecule has 1 aromatic carbocycles. The largest absolute Gasteiger partial charge is 0.497 e. The van der Waals surface area contributed by atoms with Crippen molar-refractivity contribution in [3.05, 3.63) is 59.9 Å². The summed E-state index contributed by atoms with van der Waals surface area (Å²) in [5.74, 6) is 1.00. The highest BCUT2D eigenvalue weighted by Crippen LogP contribution is 2.19. The van der Waals surface area contributed by atoms with Gasteiger partial charge in [-0.15, -0.1) is 0 Å². The molecule has 1 aromatic heterocycles. The monoisotopic (exact) mass is 352 g/mol. The highest BCUT2D eigenvalue weighted by atomic mass is 16.5. The van der Waals surface area contributed by atoms with Crippen LogP contribution in [0.2, 0.25) is 0 Å². The van der Waals surface area contributed by atoms with Crippen molar-refractivity contribution in [2.45, 2.75) is 19.4 Å². The Labute approximate surface area is 153 Å². The maximum atomic E-state index is 11.9. The van der Waals surface area contributed by atoms with Crippen LogP contribution in [0.4, 0.5) is 0 Å². The fourth-order valence-corrected chi connectivity index (χ4v) is 3.00. The van der Waals surface area contributed by atoms with E-state index in [0.29, 0.717) is 11.6 Å². The first-order chi connectivity index (χ1) is 12.7. The molecule has 0 saturated carbocycles. The summed E-state index contributed by atoms with van der Waals surface area (Å²) in [6.07, 6.45) is 5.53. The molecule has 26 heavy (non-hydrogen) atoms. The molecule has 1 aliphatic rings. The minimum absolute atomic E-state index is 0.279. The van der Waals surface area contributed by atoms with Gasteiger partial charge in [0.1, 0.15) is 11.4 Å². The number of hydrazone groups is 1. The van der Waals surface area contributed by atoms with E-state index >= 15 is 0 Å². The van der Waals surface area contributed by atoms with Gasteiger partial charge in [-0.2, -0.15) is 5.10 Å². The fourth-order valence-electron chi connectivity index (χ4n) is 3.00. The van der Waals surface area contributed by atoms with Crippen molar-refractivity contribution in [2.24, 2.45) is 11.0 Å². The number of likely N-dealkylation sites (tertiary alicyclic amines) is 1. The molecule has 1 saturated heterocycles. The third-order valence-corrected chi connectivity index (χ3v) is 4.55. The number of carbonyl (C=O) groups excluding carboxylic acids is 1. The van der Waals surface area contributed by atoms with Gasteiger partial charge in [0.05, 0.1) is 7.11 Å². The molecule has 0 bridgehead atoms. The molecule has 3 rings (SSSR count). The number of pyridine rings is 1. The number of hydrogen-bond acceptors (Lipinski definition) is 5. The summed E-state index contributed by atoms with van der Waals surface area (Å²) in [5.41, 5.74) is 4.22. The molecule has 1 N–H and O–H groups in total. The van der Waals surface area contributed by atoms with Crippen molar-refractivity contribution in [3.8, 4) is 5.75 Å². The number of rotatable bonds is 6. The zero-order valence-corrected chi connectivity index (χ0v) is 15.0. The van der Waals surface area contributed by atoms with Crippen LogP contribution in [0.15, 0.2) is 53.8 Å². The van der Waals surface area contributed by atoms with Crippen molar-refractivity contribution >= 4 is 12.1 Å². The van der Waals surface area contributed by atoms with Crippen molar-refractivity contribution in [3.63, 3.8) is 0 Å². The van der Waals surface area contributed by atoms with E-state index in [-0.39, 0.29) is 5.91 Å². The predicted molar refractivity (Wildman–Crippen MR) is 101 cm³/mol. The summed E-state index contributed by atoms with van der Waals surface area (Å²) in [4.78, 5) is 18.3. The van der Waals surface area contributed by atoms with Crippen LogP contribution < -0.4 is 10.2 Å². The fraction of sp³-hybridized carbons (Fsp3) is 0.350. The second kappa shape index (κ2) is 9.10. The highest BCUT2D eigenvalue weighted by Gasteiger charge is 2.18. The lowest BCUT2D eigenvalue weighted by atomic mass is 9.98. The number of nitrogens with one attached hydrogen (secondary N) is 1. The topological polar surface area (TPSA) is 66.8 Å². The van der Waals surface area contributed by atoms with Gasteiger partial charge in [0.25, 0.3) is 5.91 Å². The van der Waals surface area contributed by atoms with Crippen LogP contribution in [0, 0.1) is 5.92 Å². The quantitative estimate of drug-likeness (QED) is 0.641. The second-order valence-electron chi connectivity index (χ2n) is 6.40. The first-order valence-electron chi connectivity index (χ1n) is 8.84. The lowest BCUT2D eigenvalue weighted by Gasteiger charge is -2.30. The molecule has 0 atom stereocenters. The first-order valence-corrected chi connectivity index (χ1v) is 8.84. The van der Waals surface area contributed by atoms with Gasteiger partial charge in [0.2, 0.25) is 0 Å². The molecule has 0 unspecified atom stereocenters. The summed E-state index contributed by atoms with van der Waals surface area (Å²) >= 11 is 0. The van der Waals surface area contributed by atoms with Crippen molar-refractivity contribution in [1.82, 2.24) is 15.3 Å². The van der Waals surface area contributed by atoms with E-state index in [1.165, 1.54) is 5.56 Å². The van der Waals surface area contributed by atoms with Crippen molar-refractivity contribution in [1.29, 1.82) is 0 Å². The third kappa shape index (κ3) is 5.13. The summed E-state index contributed by atoms with van der Waals surface area (Å²) in [6, 6.07) is 13.4. The molecule has 0 spiro atoms. The average molecular weight is 352 g/mol. The molecule has 0 radical (unpaired) electrons. The number of carbonyl (C=O) groups is 1. The molecule has 6 nitrogen and oxygen atoms in total. The van der Waals surface area contributed by atoms with Gasteiger partial charge < -0.3 is 4.74 Å². The van der Waals surface area contributed by atoms with Crippen LogP contribution in [-0.4, -0.2) is 42.2 Å². The molecule has 2 aromatic rings. The number of hydrogen-bond donors (Lipinski definition) is 1. The van der Waals surface area contributed by atoms with Crippen LogP contribution >= 0.6 is 0 Å². The first kappa shape index (κ1) is 18.1. The summed E-state index contributed by atoms with van der Waals surface area (Å²) < 4.78 is 5.19. The van der Waals surface area contributed by atoms with Crippen LogP contribution in [-0.2, 0) is 6.54 Å². The Kier molecular flexibility index (Phi) is 6.33. The number of nitrogens with zero attached hydrogens (tertiary/aromatic N) is 3. The van der Waals surface area contributed by atoms with Crippen LogP contribution in [0.25, 0.3) is 0 Å². The van der Waals surface area contributed by atoms with E-state index in [9.17, 15) is 4.79 Å². The normalized spacial score (nSPS) is 15.9. The third-order valence-electron chi connectivity index (χ3n) is 4.55. The van der Waals surface area contributed by atoms with E-state index in [4.69, 9.17) is 4.74 Å². The Morgan fingerprint density at radius 2 is 2.04 bits per heavy atom. The Morgan fingerprint density at radius 3 is 2.69 bits per heavy atom. The highest BCUT2D eigenvalue weighted by molar-refractivity contribution is 5.92. The molecule has 1 fully saturated rings.